The number of benzene rings is 1. The molecule has 4 heteroatoms. The third kappa shape index (κ3) is 3.17. The summed E-state index contributed by atoms with van der Waals surface area (Å²) in [5, 5.41) is 0. The Bertz CT molecular complexity index is 460. The van der Waals surface area contributed by atoms with Crippen molar-refractivity contribution in [2.75, 3.05) is 13.2 Å². The number of hydrogen-bond acceptors (Lipinski definition) is 3. The lowest BCUT2D eigenvalue weighted by Gasteiger charge is -2.02. The van der Waals surface area contributed by atoms with Gasteiger partial charge in [-0.25, -0.2) is 4.79 Å². The SMILES string of the molecule is O=C1OC/C=C/COc2ccc(cc2)/C=C\1F. The summed E-state index contributed by atoms with van der Waals surface area (Å²) in [5.74, 6) is -1.18. The zero-order chi connectivity index (χ0) is 12.1. The van der Waals surface area contributed by atoms with Crippen LogP contribution in [0.15, 0.2) is 42.2 Å². The quantitative estimate of drug-likeness (QED) is 0.511. The van der Waals surface area contributed by atoms with Gasteiger partial charge in [0, 0.05) is 0 Å². The van der Waals surface area contributed by atoms with E-state index in [1.165, 1.54) is 0 Å². The molecule has 0 radical (unpaired) electrons. The van der Waals surface area contributed by atoms with Crippen molar-refractivity contribution in [2.24, 2.45) is 0 Å². The molecule has 0 aromatic heterocycles. The van der Waals surface area contributed by atoms with E-state index in [9.17, 15) is 9.18 Å². The van der Waals surface area contributed by atoms with Gasteiger partial charge < -0.3 is 9.47 Å². The van der Waals surface area contributed by atoms with E-state index in [-0.39, 0.29) is 6.61 Å². The lowest BCUT2D eigenvalue weighted by Crippen LogP contribution is -2.04. The molecule has 0 fully saturated rings. The summed E-state index contributed by atoms with van der Waals surface area (Å²) in [6.45, 7) is 0.418. The van der Waals surface area contributed by atoms with Gasteiger partial charge in [-0.15, -0.1) is 0 Å². The minimum atomic E-state index is -0.959. The number of fused-ring (bicyclic) bond motifs is 8. The van der Waals surface area contributed by atoms with Crippen LogP contribution in [0.4, 0.5) is 4.39 Å². The number of halogens is 1. The van der Waals surface area contributed by atoms with Crippen molar-refractivity contribution >= 4 is 12.0 Å². The van der Waals surface area contributed by atoms with Gasteiger partial charge in [0.15, 0.2) is 0 Å². The van der Waals surface area contributed by atoms with E-state index in [0.29, 0.717) is 17.9 Å². The molecule has 0 atom stereocenters. The van der Waals surface area contributed by atoms with Gasteiger partial charge in [-0.3, -0.25) is 0 Å². The van der Waals surface area contributed by atoms with Gasteiger partial charge in [0.05, 0.1) is 0 Å². The summed E-state index contributed by atoms with van der Waals surface area (Å²) < 4.78 is 23.4. The molecular formula is C13H11FO3. The molecule has 0 saturated carbocycles. The molecule has 0 N–H and O–H groups in total. The third-order valence-electron chi connectivity index (χ3n) is 2.19. The van der Waals surface area contributed by atoms with Crippen molar-refractivity contribution in [1.82, 2.24) is 0 Å². The molecule has 17 heavy (non-hydrogen) atoms. The highest BCUT2D eigenvalue weighted by molar-refractivity contribution is 5.91. The molecule has 2 aliphatic rings. The summed E-state index contributed by atoms with van der Waals surface area (Å²) >= 11 is 0. The van der Waals surface area contributed by atoms with Gasteiger partial charge in [0.2, 0.25) is 5.83 Å². The first kappa shape index (κ1) is 11.4. The van der Waals surface area contributed by atoms with Crippen LogP contribution in [-0.4, -0.2) is 19.2 Å². The molecular weight excluding hydrogens is 223 g/mol. The fraction of sp³-hybridized carbons (Fsp3) is 0.154. The number of esters is 1. The number of ether oxygens (including phenoxy) is 2. The first-order valence-electron chi connectivity index (χ1n) is 5.18. The minimum Gasteiger partial charge on any atom is -0.490 e. The Balaban J connectivity index is 2.29. The Kier molecular flexibility index (Phi) is 3.55. The number of hydrogen-bond donors (Lipinski definition) is 0. The van der Waals surface area contributed by atoms with E-state index in [2.05, 4.69) is 4.74 Å². The highest BCUT2D eigenvalue weighted by Crippen LogP contribution is 2.16. The Morgan fingerprint density at radius 2 is 1.65 bits per heavy atom. The van der Waals surface area contributed by atoms with Crippen LogP contribution in [0.3, 0.4) is 0 Å². The van der Waals surface area contributed by atoms with E-state index < -0.39 is 11.8 Å². The van der Waals surface area contributed by atoms with E-state index in [1.807, 2.05) is 0 Å². The largest absolute Gasteiger partial charge is 0.490 e. The summed E-state index contributed by atoms with van der Waals surface area (Å²) in [6.07, 6.45) is 4.45. The van der Waals surface area contributed by atoms with Crippen molar-refractivity contribution in [2.45, 2.75) is 0 Å². The van der Waals surface area contributed by atoms with Gasteiger partial charge in [-0.05, 0) is 35.9 Å². The Labute approximate surface area is 98.2 Å². The van der Waals surface area contributed by atoms with Crippen molar-refractivity contribution in [3.05, 3.63) is 47.8 Å². The molecule has 0 spiro atoms. The molecule has 1 aromatic carbocycles. The average Bonchev–Trinajstić information content (AvgIpc) is 2.36. The normalized spacial score (nSPS) is 21.0. The first-order chi connectivity index (χ1) is 8.25. The maximum atomic E-state index is 13.4. The molecule has 88 valence electrons. The predicted octanol–water partition coefficient (Wildman–Crippen LogP) is 2.49. The Morgan fingerprint density at radius 3 is 2.35 bits per heavy atom. The van der Waals surface area contributed by atoms with Crippen LogP contribution >= 0.6 is 0 Å². The molecule has 3 nitrogen and oxygen atoms in total. The third-order valence-corrected chi connectivity index (χ3v) is 2.19. The van der Waals surface area contributed by atoms with E-state index in [4.69, 9.17) is 4.74 Å². The second-order valence-electron chi connectivity index (χ2n) is 3.44. The molecule has 0 amide bonds. The second-order valence-corrected chi connectivity index (χ2v) is 3.44. The monoisotopic (exact) mass is 234 g/mol. The highest BCUT2D eigenvalue weighted by atomic mass is 19.1. The van der Waals surface area contributed by atoms with Gasteiger partial charge in [0.1, 0.15) is 19.0 Å². The lowest BCUT2D eigenvalue weighted by atomic mass is 10.2. The van der Waals surface area contributed by atoms with Crippen LogP contribution < -0.4 is 4.74 Å². The summed E-state index contributed by atoms with van der Waals surface area (Å²) in [5.41, 5.74) is 0.582. The second kappa shape index (κ2) is 5.30. The van der Waals surface area contributed by atoms with Gasteiger partial charge in [-0.1, -0.05) is 12.1 Å². The van der Waals surface area contributed by atoms with E-state index in [1.54, 1.807) is 36.4 Å². The standard InChI is InChI=1S/C13H11FO3/c14-12-9-10-3-5-11(6-4-10)16-7-1-2-8-17-13(12)15/h1-6,9H,7-8H2/b2-1+,12-9+. The van der Waals surface area contributed by atoms with Crippen molar-refractivity contribution < 1.29 is 18.7 Å². The number of carbonyl (C=O) groups excluding carboxylic acids is 1. The van der Waals surface area contributed by atoms with Gasteiger partial charge in [-0.2, -0.15) is 4.39 Å². The lowest BCUT2D eigenvalue weighted by molar-refractivity contribution is -0.139. The molecule has 3 rings (SSSR count). The molecule has 1 aromatic rings. The molecule has 0 unspecified atom stereocenters. The molecule has 0 saturated heterocycles. The van der Waals surface area contributed by atoms with Gasteiger partial charge >= 0.3 is 5.97 Å². The fourth-order valence-corrected chi connectivity index (χ4v) is 1.34. The fourth-order valence-electron chi connectivity index (χ4n) is 1.34. The topological polar surface area (TPSA) is 35.5 Å². The van der Waals surface area contributed by atoms with Crippen molar-refractivity contribution in [1.29, 1.82) is 0 Å². The van der Waals surface area contributed by atoms with Gasteiger partial charge in [0.25, 0.3) is 0 Å². The van der Waals surface area contributed by atoms with Crippen LogP contribution in [0.25, 0.3) is 6.08 Å². The van der Waals surface area contributed by atoms with Crippen LogP contribution in [-0.2, 0) is 9.53 Å². The maximum Gasteiger partial charge on any atom is 0.367 e. The van der Waals surface area contributed by atoms with Crippen molar-refractivity contribution in [3.63, 3.8) is 0 Å². The summed E-state index contributed by atoms with van der Waals surface area (Å²) in [7, 11) is 0. The highest BCUT2D eigenvalue weighted by Gasteiger charge is 2.09. The number of carbonyl (C=O) groups is 1. The van der Waals surface area contributed by atoms with E-state index in [0.717, 1.165) is 6.08 Å². The molecule has 2 bridgehead atoms. The van der Waals surface area contributed by atoms with E-state index >= 15 is 0 Å². The molecule has 0 aliphatic carbocycles. The van der Waals surface area contributed by atoms with Crippen LogP contribution in [0, 0.1) is 0 Å². The van der Waals surface area contributed by atoms with Crippen molar-refractivity contribution in [3.8, 4) is 5.75 Å². The molecule has 2 heterocycles. The van der Waals surface area contributed by atoms with Crippen LogP contribution in [0.5, 0.6) is 5.75 Å². The zero-order valence-corrected chi connectivity index (χ0v) is 9.06. The summed E-state index contributed by atoms with van der Waals surface area (Å²) in [4.78, 5) is 11.2. The summed E-state index contributed by atoms with van der Waals surface area (Å²) in [6, 6.07) is 6.78. The Morgan fingerprint density at radius 1 is 1.00 bits per heavy atom. The maximum absolute atomic E-state index is 13.4. The Hall–Kier alpha value is -2.10. The average molecular weight is 234 g/mol. The minimum absolute atomic E-state index is 0.0367. The predicted molar refractivity (Wildman–Crippen MR) is 61.1 cm³/mol. The first-order valence-corrected chi connectivity index (χ1v) is 5.18. The molecule has 2 aliphatic heterocycles. The van der Waals surface area contributed by atoms with Crippen LogP contribution in [0.2, 0.25) is 0 Å². The zero-order valence-electron chi connectivity index (χ0n) is 9.06. The smallest absolute Gasteiger partial charge is 0.367 e. The van der Waals surface area contributed by atoms with Crippen LogP contribution in [0.1, 0.15) is 5.56 Å². The number of rotatable bonds is 0.